The SMILES string of the molecule is CC(c1nn2c(C3CCC3)nnc2s1)C1CNC1. The standard InChI is InChI=1S/C12H17N5S/c1-7(9-5-13-6-9)11-16-17-10(8-3-2-4-8)14-15-12(17)18-11/h7-9,13H,2-6H2,1H3. The van der Waals surface area contributed by atoms with Crippen molar-refractivity contribution in [2.45, 2.75) is 38.0 Å². The fraction of sp³-hybridized carbons (Fsp3) is 0.750. The van der Waals surface area contributed by atoms with E-state index in [1.807, 2.05) is 4.52 Å². The molecule has 3 heterocycles. The van der Waals surface area contributed by atoms with Gasteiger partial charge in [-0.1, -0.05) is 24.7 Å². The minimum absolute atomic E-state index is 0.534. The van der Waals surface area contributed by atoms with E-state index in [1.54, 1.807) is 11.3 Å². The minimum atomic E-state index is 0.534. The molecule has 1 aliphatic heterocycles. The Balaban J connectivity index is 1.68. The van der Waals surface area contributed by atoms with E-state index in [9.17, 15) is 0 Å². The van der Waals surface area contributed by atoms with Gasteiger partial charge < -0.3 is 5.32 Å². The van der Waals surface area contributed by atoms with Gasteiger partial charge in [0.15, 0.2) is 5.82 Å². The first-order valence-electron chi connectivity index (χ1n) is 6.75. The van der Waals surface area contributed by atoms with Gasteiger partial charge in [0.2, 0.25) is 4.96 Å². The van der Waals surface area contributed by atoms with Crippen LogP contribution in [-0.2, 0) is 0 Å². The molecule has 1 unspecified atom stereocenters. The first-order valence-corrected chi connectivity index (χ1v) is 7.57. The van der Waals surface area contributed by atoms with Crippen molar-refractivity contribution >= 4 is 16.3 Å². The van der Waals surface area contributed by atoms with Crippen LogP contribution in [0.2, 0.25) is 0 Å². The monoisotopic (exact) mass is 263 g/mol. The molecule has 2 aliphatic rings. The molecule has 6 heteroatoms. The fourth-order valence-electron chi connectivity index (χ4n) is 2.62. The van der Waals surface area contributed by atoms with Crippen molar-refractivity contribution in [1.29, 1.82) is 0 Å². The van der Waals surface area contributed by atoms with Gasteiger partial charge in [0, 0.05) is 11.8 Å². The molecule has 0 radical (unpaired) electrons. The van der Waals surface area contributed by atoms with Gasteiger partial charge in [-0.05, 0) is 31.8 Å². The first kappa shape index (κ1) is 10.9. The maximum Gasteiger partial charge on any atom is 0.234 e. The zero-order chi connectivity index (χ0) is 12.1. The Labute approximate surface area is 110 Å². The van der Waals surface area contributed by atoms with Crippen LogP contribution >= 0.6 is 11.3 Å². The largest absolute Gasteiger partial charge is 0.316 e. The summed E-state index contributed by atoms with van der Waals surface area (Å²) in [4.78, 5) is 0.964. The molecule has 2 aromatic rings. The smallest absolute Gasteiger partial charge is 0.234 e. The van der Waals surface area contributed by atoms with E-state index in [0.29, 0.717) is 11.8 Å². The number of aromatic nitrogens is 4. The topological polar surface area (TPSA) is 55.1 Å². The van der Waals surface area contributed by atoms with E-state index < -0.39 is 0 Å². The average Bonchev–Trinajstić information content (AvgIpc) is 2.74. The number of rotatable bonds is 3. The van der Waals surface area contributed by atoms with Gasteiger partial charge >= 0.3 is 0 Å². The Morgan fingerprint density at radius 2 is 2.17 bits per heavy atom. The summed E-state index contributed by atoms with van der Waals surface area (Å²) in [6, 6.07) is 0. The average molecular weight is 263 g/mol. The van der Waals surface area contributed by atoms with Crippen molar-refractivity contribution in [3.8, 4) is 0 Å². The minimum Gasteiger partial charge on any atom is -0.316 e. The quantitative estimate of drug-likeness (QED) is 0.917. The van der Waals surface area contributed by atoms with Gasteiger partial charge in [0.1, 0.15) is 5.01 Å². The normalized spacial score (nSPS) is 22.9. The maximum atomic E-state index is 4.76. The Morgan fingerprint density at radius 3 is 2.78 bits per heavy atom. The highest BCUT2D eigenvalue weighted by Gasteiger charge is 2.30. The van der Waals surface area contributed by atoms with E-state index in [1.165, 1.54) is 24.3 Å². The van der Waals surface area contributed by atoms with Gasteiger partial charge in [-0.2, -0.15) is 9.61 Å². The van der Waals surface area contributed by atoms with Crippen molar-refractivity contribution in [3.05, 3.63) is 10.8 Å². The number of hydrogen-bond donors (Lipinski definition) is 1. The van der Waals surface area contributed by atoms with Crippen LogP contribution in [0, 0.1) is 5.92 Å². The highest BCUT2D eigenvalue weighted by molar-refractivity contribution is 7.16. The molecule has 1 atom stereocenters. The molecular weight excluding hydrogens is 246 g/mol. The predicted octanol–water partition coefficient (Wildman–Crippen LogP) is 1.78. The summed E-state index contributed by atoms with van der Waals surface area (Å²) in [5.41, 5.74) is 0. The first-order chi connectivity index (χ1) is 8.83. The molecule has 4 rings (SSSR count). The lowest BCUT2D eigenvalue weighted by Gasteiger charge is -2.31. The van der Waals surface area contributed by atoms with Crippen molar-refractivity contribution < 1.29 is 0 Å². The molecule has 1 N–H and O–H groups in total. The van der Waals surface area contributed by atoms with E-state index in [2.05, 4.69) is 22.4 Å². The van der Waals surface area contributed by atoms with Crippen LogP contribution in [0.15, 0.2) is 0 Å². The highest BCUT2D eigenvalue weighted by Crippen LogP contribution is 2.37. The van der Waals surface area contributed by atoms with Crippen molar-refractivity contribution in [2.24, 2.45) is 5.92 Å². The second kappa shape index (κ2) is 3.99. The van der Waals surface area contributed by atoms with Gasteiger partial charge in [-0.15, -0.1) is 10.2 Å². The molecule has 1 saturated heterocycles. The molecule has 1 saturated carbocycles. The van der Waals surface area contributed by atoms with Gasteiger partial charge in [-0.3, -0.25) is 0 Å². The lowest BCUT2D eigenvalue weighted by atomic mass is 9.85. The number of hydrogen-bond acceptors (Lipinski definition) is 5. The second-order valence-corrected chi connectivity index (χ2v) is 6.52. The molecular formula is C12H17N5S. The summed E-state index contributed by atoms with van der Waals surface area (Å²) in [6.07, 6.45) is 3.81. The van der Waals surface area contributed by atoms with E-state index in [4.69, 9.17) is 5.10 Å². The molecule has 0 aromatic carbocycles. The Kier molecular flexibility index (Phi) is 2.41. The summed E-state index contributed by atoms with van der Waals surface area (Å²) >= 11 is 1.71. The van der Waals surface area contributed by atoms with Crippen LogP contribution in [0.25, 0.3) is 4.96 Å². The zero-order valence-electron chi connectivity index (χ0n) is 10.5. The van der Waals surface area contributed by atoms with Crippen LogP contribution in [0.1, 0.15) is 48.9 Å². The van der Waals surface area contributed by atoms with Gasteiger partial charge in [0.25, 0.3) is 0 Å². The van der Waals surface area contributed by atoms with Crippen molar-refractivity contribution in [3.63, 3.8) is 0 Å². The summed E-state index contributed by atoms with van der Waals surface area (Å²) in [7, 11) is 0. The lowest BCUT2D eigenvalue weighted by Crippen LogP contribution is -2.44. The summed E-state index contributed by atoms with van der Waals surface area (Å²) in [6.45, 7) is 4.52. The Hall–Kier alpha value is -1.01. The van der Waals surface area contributed by atoms with E-state index >= 15 is 0 Å². The molecule has 2 aromatic heterocycles. The summed E-state index contributed by atoms with van der Waals surface area (Å²) in [5, 5.41) is 17.9. The zero-order valence-corrected chi connectivity index (χ0v) is 11.3. The van der Waals surface area contributed by atoms with Gasteiger partial charge in [0.05, 0.1) is 0 Å². The van der Waals surface area contributed by atoms with Crippen LogP contribution < -0.4 is 5.32 Å². The summed E-state index contributed by atoms with van der Waals surface area (Å²) in [5.74, 6) is 2.95. The molecule has 2 fully saturated rings. The summed E-state index contributed by atoms with van der Waals surface area (Å²) < 4.78 is 1.99. The molecule has 0 bridgehead atoms. The fourth-order valence-corrected chi connectivity index (χ4v) is 3.61. The van der Waals surface area contributed by atoms with Crippen molar-refractivity contribution in [2.75, 3.05) is 13.1 Å². The number of nitrogens with zero attached hydrogens (tertiary/aromatic N) is 4. The van der Waals surface area contributed by atoms with Crippen LogP contribution in [0.4, 0.5) is 0 Å². The molecule has 0 spiro atoms. The van der Waals surface area contributed by atoms with Gasteiger partial charge in [-0.25, -0.2) is 0 Å². The van der Waals surface area contributed by atoms with Crippen LogP contribution in [-0.4, -0.2) is 32.9 Å². The second-order valence-electron chi connectivity index (χ2n) is 5.53. The van der Waals surface area contributed by atoms with Crippen LogP contribution in [0.3, 0.4) is 0 Å². The molecule has 96 valence electrons. The Morgan fingerprint density at radius 1 is 1.33 bits per heavy atom. The third-order valence-corrected chi connectivity index (χ3v) is 5.51. The molecule has 1 aliphatic carbocycles. The molecule has 5 nitrogen and oxygen atoms in total. The Bertz CT molecular complexity index is 566. The molecule has 18 heavy (non-hydrogen) atoms. The lowest BCUT2D eigenvalue weighted by molar-refractivity contribution is 0.301. The molecule has 0 amide bonds. The number of nitrogens with one attached hydrogen (secondary N) is 1. The predicted molar refractivity (Wildman–Crippen MR) is 70.0 cm³/mol. The van der Waals surface area contributed by atoms with E-state index in [0.717, 1.165) is 29.8 Å². The van der Waals surface area contributed by atoms with E-state index in [-0.39, 0.29) is 0 Å². The van der Waals surface area contributed by atoms with Crippen LogP contribution in [0.5, 0.6) is 0 Å². The highest BCUT2D eigenvalue weighted by atomic mass is 32.1. The van der Waals surface area contributed by atoms with Crippen molar-refractivity contribution in [1.82, 2.24) is 25.1 Å². The maximum absolute atomic E-state index is 4.76. The third kappa shape index (κ3) is 1.52. The number of fused-ring (bicyclic) bond motifs is 1. The third-order valence-electron chi connectivity index (χ3n) is 4.41.